The molecule has 28 heavy (non-hydrogen) atoms. The van der Waals surface area contributed by atoms with Crippen molar-refractivity contribution in [1.82, 2.24) is 0 Å². The number of thioether (sulfide) groups is 1. The molecule has 0 amide bonds. The van der Waals surface area contributed by atoms with Crippen LogP contribution < -0.4 is 0 Å². The van der Waals surface area contributed by atoms with Gasteiger partial charge in [0.05, 0.1) is 21.3 Å². The van der Waals surface area contributed by atoms with E-state index in [1.54, 1.807) is 24.3 Å². The molecule has 0 bridgehead atoms. The van der Waals surface area contributed by atoms with E-state index in [4.69, 9.17) is 5.11 Å². The second-order valence-corrected chi connectivity index (χ2v) is 8.63. The van der Waals surface area contributed by atoms with Gasteiger partial charge in [-0.1, -0.05) is 30.3 Å². The van der Waals surface area contributed by atoms with Gasteiger partial charge in [-0.25, -0.2) is 4.21 Å². The van der Waals surface area contributed by atoms with Gasteiger partial charge in [0.25, 0.3) is 0 Å². The second kappa shape index (κ2) is 8.24. The van der Waals surface area contributed by atoms with E-state index in [9.17, 15) is 13.8 Å². The number of fused-ring (bicyclic) bond motifs is 1. The highest BCUT2D eigenvalue weighted by Crippen LogP contribution is 2.29. The molecule has 0 radical (unpaired) electrons. The first kappa shape index (κ1) is 20.2. The molecular weight excluding hydrogens is 394 g/mol. The lowest BCUT2D eigenvalue weighted by Gasteiger charge is -2.16. The highest BCUT2D eigenvalue weighted by molar-refractivity contribution is 8.04. The summed E-state index contributed by atoms with van der Waals surface area (Å²) in [5.41, 5.74) is 4.48. The number of ketones is 1. The first-order chi connectivity index (χ1) is 13.3. The van der Waals surface area contributed by atoms with E-state index in [0.717, 1.165) is 28.5 Å². The molecule has 1 N–H and O–H groups in total. The fourth-order valence-electron chi connectivity index (χ4n) is 2.89. The van der Waals surface area contributed by atoms with Crippen LogP contribution in [0.3, 0.4) is 0 Å². The zero-order valence-corrected chi connectivity index (χ0v) is 17.3. The summed E-state index contributed by atoms with van der Waals surface area (Å²) in [6.45, 7) is 5.85. The highest BCUT2D eigenvalue weighted by Gasteiger charge is 2.25. The van der Waals surface area contributed by atoms with Crippen LogP contribution in [0, 0.1) is 20.8 Å². The number of carboxylic acid groups (broad SMARTS) is 1. The van der Waals surface area contributed by atoms with Gasteiger partial charge in [-0.2, -0.15) is 4.40 Å². The van der Waals surface area contributed by atoms with Crippen LogP contribution in [0.5, 0.6) is 0 Å². The maximum Gasteiger partial charge on any atom is 0.313 e. The van der Waals surface area contributed by atoms with Gasteiger partial charge < -0.3 is 5.11 Å². The number of benzene rings is 2. The molecule has 2 aromatic rings. The van der Waals surface area contributed by atoms with Crippen molar-refractivity contribution in [2.45, 2.75) is 25.7 Å². The van der Waals surface area contributed by atoms with Crippen LogP contribution in [-0.4, -0.2) is 32.5 Å². The Morgan fingerprint density at radius 1 is 1.07 bits per heavy atom. The fourth-order valence-corrected chi connectivity index (χ4v) is 4.64. The summed E-state index contributed by atoms with van der Waals surface area (Å²) < 4.78 is 17.4. The Morgan fingerprint density at radius 2 is 1.71 bits per heavy atom. The summed E-state index contributed by atoms with van der Waals surface area (Å²) >= 11 is 0.944. The molecule has 0 aromatic heterocycles. The molecule has 0 heterocycles. The quantitative estimate of drug-likeness (QED) is 0.800. The average molecular weight is 414 g/mol. The van der Waals surface area contributed by atoms with Gasteiger partial charge >= 0.3 is 5.97 Å². The molecular formula is C21H19NO4S2. The molecule has 2 aromatic carbocycles. The summed E-state index contributed by atoms with van der Waals surface area (Å²) in [4.78, 5) is 24.5. The minimum atomic E-state index is -1.65. The Kier molecular flexibility index (Phi) is 5.96. The van der Waals surface area contributed by atoms with Crippen LogP contribution in [-0.2, 0) is 15.8 Å². The normalized spacial score (nSPS) is 15.9. The van der Waals surface area contributed by atoms with Crippen LogP contribution in [0.25, 0.3) is 0 Å². The van der Waals surface area contributed by atoms with Crippen molar-refractivity contribution < 1.29 is 18.9 Å². The number of hydrogen-bond donors (Lipinski definition) is 1. The summed E-state index contributed by atoms with van der Waals surface area (Å²) in [5.74, 6) is -1.48. The van der Waals surface area contributed by atoms with Gasteiger partial charge in [-0.3, -0.25) is 9.59 Å². The van der Waals surface area contributed by atoms with Crippen molar-refractivity contribution >= 4 is 40.2 Å². The predicted molar refractivity (Wildman–Crippen MR) is 113 cm³/mol. The number of carboxylic acids is 1. The first-order valence-corrected chi connectivity index (χ1v) is 10.7. The van der Waals surface area contributed by atoms with Gasteiger partial charge in [0.15, 0.2) is 16.8 Å². The number of aryl methyl sites for hydroxylation is 3. The van der Waals surface area contributed by atoms with Gasteiger partial charge in [-0.15, -0.1) is 11.8 Å². The molecule has 3 rings (SSSR count). The summed E-state index contributed by atoms with van der Waals surface area (Å²) in [5, 5.41) is 8.93. The average Bonchev–Trinajstić information content (AvgIpc) is 2.65. The van der Waals surface area contributed by atoms with Crippen LogP contribution >= 0.6 is 11.8 Å². The zero-order chi connectivity index (χ0) is 20.4. The number of nitrogens with zero attached hydrogens (tertiary/aromatic N) is 1. The van der Waals surface area contributed by atoms with Crippen LogP contribution in [0.4, 0.5) is 0 Å². The third-order valence-corrected chi connectivity index (χ3v) is 6.64. The van der Waals surface area contributed by atoms with Crippen molar-refractivity contribution in [1.29, 1.82) is 0 Å². The van der Waals surface area contributed by atoms with E-state index in [1.165, 1.54) is 6.08 Å². The van der Waals surface area contributed by atoms with Crippen molar-refractivity contribution in [3.8, 4) is 0 Å². The molecule has 0 spiro atoms. The largest absolute Gasteiger partial charge is 0.481 e. The van der Waals surface area contributed by atoms with Gasteiger partial charge in [0.1, 0.15) is 0 Å². The fraction of sp³-hybridized carbons (Fsp3) is 0.190. The number of carbonyl (C=O) groups excluding carboxylic acids is 1. The molecule has 1 atom stereocenters. The van der Waals surface area contributed by atoms with Gasteiger partial charge in [0.2, 0.25) is 0 Å². The smallest absolute Gasteiger partial charge is 0.313 e. The minimum Gasteiger partial charge on any atom is -0.481 e. The lowest BCUT2D eigenvalue weighted by Crippen LogP contribution is -2.17. The zero-order valence-electron chi connectivity index (χ0n) is 15.7. The Labute approximate surface area is 170 Å². The van der Waals surface area contributed by atoms with Crippen LogP contribution in [0.2, 0.25) is 0 Å². The Hall–Kier alpha value is -2.51. The molecule has 1 unspecified atom stereocenters. The minimum absolute atomic E-state index is 0.230. The van der Waals surface area contributed by atoms with Gasteiger partial charge in [-0.05, 0) is 49.6 Å². The van der Waals surface area contributed by atoms with Crippen molar-refractivity contribution in [3.05, 3.63) is 75.2 Å². The molecule has 1 aliphatic carbocycles. The van der Waals surface area contributed by atoms with Crippen molar-refractivity contribution in [3.63, 3.8) is 0 Å². The number of carbonyl (C=O) groups is 2. The lowest BCUT2D eigenvalue weighted by molar-refractivity contribution is -0.133. The molecule has 0 fully saturated rings. The third-order valence-electron chi connectivity index (χ3n) is 4.45. The van der Waals surface area contributed by atoms with E-state index < -0.39 is 17.0 Å². The molecule has 1 aliphatic rings. The van der Waals surface area contributed by atoms with E-state index in [2.05, 4.69) is 4.40 Å². The lowest BCUT2D eigenvalue weighted by atomic mass is 9.94. The molecule has 144 valence electrons. The Balaban J connectivity index is 2.07. The highest BCUT2D eigenvalue weighted by atomic mass is 32.2. The molecule has 0 saturated heterocycles. The summed E-state index contributed by atoms with van der Waals surface area (Å²) in [7, 11) is -1.65. The third kappa shape index (κ3) is 4.15. The molecule has 5 nitrogen and oxygen atoms in total. The number of hydrogen-bond acceptors (Lipinski definition) is 4. The SMILES string of the molecule is Cc1cc(C)c(S(=O)/N=C2/C=C(SCC(=O)O)C(=O)c3ccccc32)cc1C. The maximum atomic E-state index is 13.0. The first-order valence-electron chi connectivity index (χ1n) is 8.56. The second-order valence-electron chi connectivity index (χ2n) is 6.49. The standard InChI is InChI=1S/C21H19NO4S2/c1-12-8-14(3)19(9-13(12)2)28(26)22-17-10-18(27-11-20(23)24)21(25)16-7-5-4-6-15(16)17/h4-10H,11H2,1-3H3,(H,23,24)/b22-17-. The van der Waals surface area contributed by atoms with Crippen LogP contribution in [0.1, 0.15) is 32.6 Å². The molecule has 7 heteroatoms. The van der Waals surface area contributed by atoms with E-state index in [0.29, 0.717) is 21.7 Å². The van der Waals surface area contributed by atoms with Crippen molar-refractivity contribution in [2.75, 3.05) is 5.75 Å². The number of Topliss-reactive ketones (excluding diaryl/α,β-unsaturated/α-hetero) is 1. The van der Waals surface area contributed by atoms with Crippen molar-refractivity contribution in [2.24, 2.45) is 4.40 Å². The predicted octanol–water partition coefficient (Wildman–Crippen LogP) is 4.02. The molecule has 0 aliphatic heterocycles. The number of rotatable bonds is 5. The van der Waals surface area contributed by atoms with Crippen LogP contribution in [0.15, 0.2) is 56.7 Å². The van der Waals surface area contributed by atoms with E-state index in [1.807, 2.05) is 32.9 Å². The topological polar surface area (TPSA) is 83.8 Å². The van der Waals surface area contributed by atoms with Gasteiger partial charge in [0, 0.05) is 11.1 Å². The number of aliphatic carboxylic acids is 1. The Bertz CT molecular complexity index is 1070. The maximum absolute atomic E-state index is 13.0. The Morgan fingerprint density at radius 3 is 2.39 bits per heavy atom. The summed E-state index contributed by atoms with van der Waals surface area (Å²) in [6, 6.07) is 10.8. The molecule has 0 saturated carbocycles. The number of allylic oxidation sites excluding steroid dienone is 2. The van der Waals surface area contributed by atoms with E-state index in [-0.39, 0.29) is 16.4 Å². The van der Waals surface area contributed by atoms with E-state index >= 15 is 0 Å². The monoisotopic (exact) mass is 413 g/mol. The summed E-state index contributed by atoms with van der Waals surface area (Å²) in [6.07, 6.45) is 1.53.